The van der Waals surface area contributed by atoms with Crippen molar-refractivity contribution in [2.45, 2.75) is 32.4 Å². The maximum atomic E-state index is 13.3. The summed E-state index contributed by atoms with van der Waals surface area (Å²) < 4.78 is 7.76. The van der Waals surface area contributed by atoms with Gasteiger partial charge in [0.25, 0.3) is 5.91 Å². The van der Waals surface area contributed by atoms with Crippen LogP contribution in [0.5, 0.6) is 5.75 Å². The number of nitrogens with one attached hydrogen (secondary N) is 1. The lowest BCUT2D eigenvalue weighted by Gasteiger charge is -2.37. The van der Waals surface area contributed by atoms with Gasteiger partial charge in [-0.15, -0.1) is 0 Å². The minimum Gasteiger partial charge on any atom is -0.492 e. The lowest BCUT2D eigenvalue weighted by molar-refractivity contribution is 0.0767. The molecule has 1 aliphatic heterocycles. The molecule has 1 aliphatic rings. The molecule has 0 bridgehead atoms. The summed E-state index contributed by atoms with van der Waals surface area (Å²) in [5.74, 6) is 0.604. The van der Waals surface area contributed by atoms with Crippen LogP contribution >= 0.6 is 0 Å². The third-order valence-corrected chi connectivity index (χ3v) is 6.90. The summed E-state index contributed by atoms with van der Waals surface area (Å²) in [6.07, 6.45) is 4.90. The lowest BCUT2D eigenvalue weighted by Crippen LogP contribution is -2.48. The number of ether oxygens (including phenoxy) is 1. The predicted octanol–water partition coefficient (Wildman–Crippen LogP) is 4.52. The molecule has 1 saturated heterocycles. The van der Waals surface area contributed by atoms with Crippen molar-refractivity contribution in [2.75, 3.05) is 20.2 Å². The number of amides is 1. The van der Waals surface area contributed by atoms with E-state index in [0.29, 0.717) is 18.2 Å². The monoisotopic (exact) mass is 469 g/mol. The largest absolute Gasteiger partial charge is 0.492 e. The van der Waals surface area contributed by atoms with Crippen molar-refractivity contribution in [3.63, 3.8) is 0 Å². The standard InChI is InChI=1S/C28H31N5O2/c1-18-9-10-22(35-17-21-11-12-32(21)3)13-24(18)28(34)30-19(2)25-14-27(20-15-29-33(4)16-20)31-26-8-6-5-7-23(25)26/h5-10,13-16,19,21H,11-12,17H2,1-4H3,(H,30,34)/t19-,21?/m1/s1. The number of hydrogen-bond donors (Lipinski definition) is 1. The van der Waals surface area contributed by atoms with Crippen LogP contribution in [0, 0.1) is 6.92 Å². The van der Waals surface area contributed by atoms with Gasteiger partial charge in [0.1, 0.15) is 12.4 Å². The molecular weight excluding hydrogens is 438 g/mol. The molecule has 0 aliphatic carbocycles. The Balaban J connectivity index is 1.39. The molecule has 1 fully saturated rings. The van der Waals surface area contributed by atoms with Crippen LogP contribution in [0.15, 0.2) is 60.9 Å². The van der Waals surface area contributed by atoms with E-state index < -0.39 is 0 Å². The summed E-state index contributed by atoms with van der Waals surface area (Å²) in [6.45, 7) is 5.71. The molecule has 4 aromatic rings. The predicted molar refractivity (Wildman–Crippen MR) is 138 cm³/mol. The first-order valence-electron chi connectivity index (χ1n) is 12.0. The zero-order chi connectivity index (χ0) is 24.5. The Bertz CT molecular complexity index is 1380. The van der Waals surface area contributed by atoms with Gasteiger partial charge in [0.05, 0.1) is 23.4 Å². The first kappa shape index (κ1) is 23.1. The van der Waals surface area contributed by atoms with E-state index in [1.807, 2.05) is 75.6 Å². The van der Waals surface area contributed by atoms with Crippen LogP contribution in [-0.2, 0) is 7.05 Å². The number of hydrogen-bond acceptors (Lipinski definition) is 5. The highest BCUT2D eigenvalue weighted by Gasteiger charge is 2.25. The second-order valence-electron chi connectivity index (χ2n) is 9.42. The summed E-state index contributed by atoms with van der Waals surface area (Å²) >= 11 is 0. The fourth-order valence-electron chi connectivity index (χ4n) is 4.52. The summed E-state index contributed by atoms with van der Waals surface area (Å²) in [6, 6.07) is 16.0. The van der Waals surface area contributed by atoms with Crippen molar-refractivity contribution < 1.29 is 9.53 Å². The maximum Gasteiger partial charge on any atom is 0.252 e. The van der Waals surface area contributed by atoms with E-state index in [1.165, 1.54) is 0 Å². The molecule has 35 heavy (non-hydrogen) atoms. The summed E-state index contributed by atoms with van der Waals surface area (Å²) in [7, 11) is 3.99. The van der Waals surface area contributed by atoms with Gasteiger partial charge in [-0.2, -0.15) is 5.10 Å². The molecule has 1 unspecified atom stereocenters. The van der Waals surface area contributed by atoms with Crippen LogP contribution in [0.2, 0.25) is 0 Å². The Kier molecular flexibility index (Phi) is 6.26. The van der Waals surface area contributed by atoms with Gasteiger partial charge in [0.15, 0.2) is 0 Å². The molecule has 1 N–H and O–H groups in total. The smallest absolute Gasteiger partial charge is 0.252 e. The molecule has 3 heterocycles. The lowest BCUT2D eigenvalue weighted by atomic mass is 9.99. The number of rotatable bonds is 7. The van der Waals surface area contributed by atoms with E-state index in [2.05, 4.69) is 22.4 Å². The van der Waals surface area contributed by atoms with Crippen molar-refractivity contribution in [3.05, 3.63) is 77.6 Å². The zero-order valence-electron chi connectivity index (χ0n) is 20.7. The topological polar surface area (TPSA) is 72.3 Å². The first-order chi connectivity index (χ1) is 16.9. The van der Waals surface area contributed by atoms with Crippen LogP contribution in [0.4, 0.5) is 0 Å². The van der Waals surface area contributed by atoms with Crippen molar-refractivity contribution >= 4 is 16.8 Å². The van der Waals surface area contributed by atoms with Crippen LogP contribution in [0.3, 0.4) is 0 Å². The van der Waals surface area contributed by atoms with Crippen LogP contribution in [0.25, 0.3) is 22.2 Å². The third kappa shape index (κ3) is 4.77. The van der Waals surface area contributed by atoms with Gasteiger partial charge < -0.3 is 10.1 Å². The van der Waals surface area contributed by atoms with Crippen LogP contribution < -0.4 is 10.1 Å². The van der Waals surface area contributed by atoms with Crippen molar-refractivity contribution in [3.8, 4) is 17.0 Å². The van der Waals surface area contributed by atoms with E-state index in [0.717, 1.165) is 52.0 Å². The van der Waals surface area contributed by atoms with E-state index in [9.17, 15) is 4.79 Å². The minimum atomic E-state index is -0.224. The minimum absolute atomic E-state index is 0.120. The zero-order valence-corrected chi connectivity index (χ0v) is 20.7. The van der Waals surface area contributed by atoms with E-state index >= 15 is 0 Å². The molecule has 1 amide bonds. The highest BCUT2D eigenvalue weighted by Crippen LogP contribution is 2.29. The fraction of sp³-hybridized carbons (Fsp3) is 0.321. The summed E-state index contributed by atoms with van der Waals surface area (Å²) in [5.41, 5.74) is 5.22. The van der Waals surface area contributed by atoms with Gasteiger partial charge in [-0.05, 0) is 69.3 Å². The van der Waals surface area contributed by atoms with Gasteiger partial charge in [0.2, 0.25) is 0 Å². The van der Waals surface area contributed by atoms with Crippen molar-refractivity contribution in [1.82, 2.24) is 25.0 Å². The Morgan fingerprint density at radius 3 is 2.74 bits per heavy atom. The number of aryl methyl sites for hydroxylation is 2. The second-order valence-corrected chi connectivity index (χ2v) is 9.42. The van der Waals surface area contributed by atoms with E-state index in [4.69, 9.17) is 9.72 Å². The molecule has 2 aromatic heterocycles. The highest BCUT2D eigenvalue weighted by molar-refractivity contribution is 5.96. The van der Waals surface area contributed by atoms with Gasteiger partial charge in [-0.25, -0.2) is 4.98 Å². The number of fused-ring (bicyclic) bond motifs is 1. The number of pyridine rings is 1. The highest BCUT2D eigenvalue weighted by atomic mass is 16.5. The molecule has 5 rings (SSSR count). The average Bonchev–Trinajstić information content (AvgIpc) is 3.29. The number of nitrogens with zero attached hydrogens (tertiary/aromatic N) is 4. The summed E-state index contributed by atoms with van der Waals surface area (Å²) in [4.78, 5) is 20.5. The molecule has 2 aromatic carbocycles. The van der Waals surface area contributed by atoms with Gasteiger partial charge in [-0.1, -0.05) is 24.3 Å². The third-order valence-electron chi connectivity index (χ3n) is 6.90. The molecule has 0 saturated carbocycles. The van der Waals surface area contributed by atoms with Crippen molar-refractivity contribution in [2.24, 2.45) is 7.05 Å². The number of carbonyl (C=O) groups excluding carboxylic acids is 1. The summed E-state index contributed by atoms with van der Waals surface area (Å²) in [5, 5.41) is 8.50. The molecule has 0 radical (unpaired) electrons. The average molecular weight is 470 g/mol. The molecule has 7 nitrogen and oxygen atoms in total. The van der Waals surface area contributed by atoms with Crippen LogP contribution in [0.1, 0.15) is 40.9 Å². The molecule has 0 spiro atoms. The quantitative estimate of drug-likeness (QED) is 0.431. The Labute approximate surface area is 205 Å². The molecule has 2 atom stereocenters. The number of aromatic nitrogens is 3. The Hall–Kier alpha value is -3.71. The maximum absolute atomic E-state index is 13.3. The van der Waals surface area contributed by atoms with E-state index in [1.54, 1.807) is 10.9 Å². The Morgan fingerprint density at radius 1 is 1.20 bits per heavy atom. The number of likely N-dealkylation sites (tertiary alicyclic amines) is 1. The van der Waals surface area contributed by atoms with Gasteiger partial charge in [0, 0.05) is 35.8 Å². The first-order valence-corrected chi connectivity index (χ1v) is 12.0. The number of likely N-dealkylation sites (N-methyl/N-ethyl adjacent to an activating group) is 1. The SMILES string of the molecule is Cc1ccc(OCC2CCN2C)cc1C(=O)N[C@H](C)c1cc(-c2cnn(C)c2)nc2ccccc12. The number of para-hydroxylation sites is 1. The van der Waals surface area contributed by atoms with E-state index in [-0.39, 0.29) is 11.9 Å². The number of carbonyl (C=O) groups is 1. The van der Waals surface area contributed by atoms with Crippen LogP contribution in [-0.4, -0.2) is 51.8 Å². The van der Waals surface area contributed by atoms with Gasteiger partial charge >= 0.3 is 0 Å². The van der Waals surface area contributed by atoms with Crippen molar-refractivity contribution in [1.29, 1.82) is 0 Å². The second kappa shape index (κ2) is 9.50. The molecular formula is C28H31N5O2. The number of benzene rings is 2. The van der Waals surface area contributed by atoms with Gasteiger partial charge in [-0.3, -0.25) is 14.4 Å². The normalized spacial score (nSPS) is 16.6. The molecule has 7 heteroatoms. The Morgan fingerprint density at radius 2 is 2.03 bits per heavy atom. The fourth-order valence-corrected chi connectivity index (χ4v) is 4.52. The molecule has 180 valence electrons.